The maximum absolute atomic E-state index is 14.9. The number of benzene rings is 1. The predicted octanol–water partition coefficient (Wildman–Crippen LogP) is 0.670. The van der Waals surface area contributed by atoms with Crippen LogP contribution in [0, 0.1) is 11.7 Å². The van der Waals surface area contributed by atoms with Crippen LogP contribution in [0.1, 0.15) is 24.0 Å². The van der Waals surface area contributed by atoms with Crippen molar-refractivity contribution in [2.24, 2.45) is 5.92 Å². The van der Waals surface area contributed by atoms with Gasteiger partial charge in [-0.2, -0.15) is 0 Å². The average Bonchev–Trinajstić information content (AvgIpc) is 3.62. The van der Waals surface area contributed by atoms with Gasteiger partial charge < -0.3 is 30.5 Å². The second-order valence-corrected chi connectivity index (χ2v) is 11.0. The van der Waals surface area contributed by atoms with E-state index in [9.17, 15) is 23.9 Å². The van der Waals surface area contributed by atoms with Gasteiger partial charge in [0, 0.05) is 12.2 Å². The molecule has 0 saturated carbocycles. The number of rotatable bonds is 8. The van der Waals surface area contributed by atoms with E-state index in [2.05, 4.69) is 25.9 Å². The number of aliphatic hydroxyl groups is 1. The number of nitrogens with one attached hydrogen (secondary N) is 3. The van der Waals surface area contributed by atoms with E-state index >= 15 is 0 Å². The molecule has 41 heavy (non-hydrogen) atoms. The van der Waals surface area contributed by atoms with Gasteiger partial charge in [0.25, 0.3) is 11.8 Å². The van der Waals surface area contributed by atoms with E-state index < -0.39 is 18.2 Å². The van der Waals surface area contributed by atoms with Crippen LogP contribution in [0.5, 0.6) is 5.88 Å². The van der Waals surface area contributed by atoms with Crippen molar-refractivity contribution in [3.05, 3.63) is 35.3 Å². The summed E-state index contributed by atoms with van der Waals surface area (Å²) in [4.78, 5) is 48.2. The normalized spacial score (nSPS) is 25.4. The summed E-state index contributed by atoms with van der Waals surface area (Å²) in [5, 5.41) is 18.6. The Hall–Kier alpha value is -3.88. The summed E-state index contributed by atoms with van der Waals surface area (Å²) in [6.07, 6.45) is 2.22. The van der Waals surface area contributed by atoms with Crippen LogP contribution in [-0.4, -0.2) is 96.0 Å². The molecule has 2 saturated heterocycles. The Morgan fingerprint density at radius 3 is 2.93 bits per heavy atom. The molecule has 3 aliphatic heterocycles. The number of aromatic nitrogens is 2. The number of anilines is 3. The molecule has 1 aromatic heterocycles. The zero-order valence-corrected chi connectivity index (χ0v) is 22.6. The van der Waals surface area contributed by atoms with Gasteiger partial charge in [-0.1, -0.05) is 0 Å². The van der Waals surface area contributed by atoms with E-state index in [0.717, 1.165) is 5.56 Å². The van der Waals surface area contributed by atoms with E-state index in [1.807, 2.05) is 6.07 Å². The molecule has 13 nitrogen and oxygen atoms in total. The van der Waals surface area contributed by atoms with E-state index in [1.54, 1.807) is 11.9 Å². The molecule has 0 spiro atoms. The molecule has 3 amide bonds. The van der Waals surface area contributed by atoms with Crippen LogP contribution in [0.3, 0.4) is 0 Å². The summed E-state index contributed by atoms with van der Waals surface area (Å²) in [7, 11) is 1.79. The van der Waals surface area contributed by atoms with Crippen LogP contribution >= 0.6 is 0 Å². The van der Waals surface area contributed by atoms with Gasteiger partial charge in [-0.25, -0.2) is 19.2 Å². The van der Waals surface area contributed by atoms with Crippen LogP contribution in [-0.2, 0) is 27.2 Å². The lowest BCUT2D eigenvalue weighted by Gasteiger charge is -2.18. The monoisotopic (exact) mass is 569 g/mol. The number of carbonyl (C=O) groups excluding carboxylic acids is 3. The van der Waals surface area contributed by atoms with Gasteiger partial charge in [0.1, 0.15) is 11.9 Å². The molecule has 2 unspecified atom stereocenters. The van der Waals surface area contributed by atoms with Gasteiger partial charge in [0.2, 0.25) is 5.91 Å². The van der Waals surface area contributed by atoms with Crippen LogP contribution in [0.4, 0.5) is 26.5 Å². The summed E-state index contributed by atoms with van der Waals surface area (Å²) in [6, 6.07) is 2.77. The highest BCUT2D eigenvalue weighted by molar-refractivity contribution is 5.95. The van der Waals surface area contributed by atoms with Gasteiger partial charge in [-0.15, -0.1) is 0 Å². The molecule has 218 valence electrons. The molecule has 1 aliphatic carbocycles. The quantitative estimate of drug-likeness (QED) is 0.333. The number of β-amino-alcohol motifs (C(OH)–C–C–N with tert-alkyl or cyclic N) is 1. The Labute approximate surface area is 235 Å². The molecule has 14 heteroatoms. The summed E-state index contributed by atoms with van der Waals surface area (Å²) in [5.74, 6) is -0.0713. The third-order valence-electron chi connectivity index (χ3n) is 7.94. The number of aliphatic hydroxyl groups excluding tert-OH is 1. The molecule has 4 atom stereocenters. The number of ether oxygens (including phenoxy) is 2. The molecule has 2 fully saturated rings. The number of fused-ring (bicyclic) bond motifs is 2. The number of carbonyl (C=O) groups is 3. The van der Waals surface area contributed by atoms with E-state index in [0.29, 0.717) is 63.1 Å². The minimum Gasteiger partial charge on any atom is -0.465 e. The minimum absolute atomic E-state index is 0.131. The maximum Gasteiger partial charge on any atom is 0.415 e. The van der Waals surface area contributed by atoms with Gasteiger partial charge in [-0.05, 0) is 75.0 Å². The van der Waals surface area contributed by atoms with E-state index in [1.165, 1.54) is 17.2 Å². The average molecular weight is 570 g/mol. The number of amides is 3. The van der Waals surface area contributed by atoms with Gasteiger partial charge in [-0.3, -0.25) is 19.4 Å². The fraction of sp³-hybridized carbons (Fsp3) is 0.519. The maximum atomic E-state index is 14.9. The van der Waals surface area contributed by atoms with Gasteiger partial charge in [0.15, 0.2) is 18.2 Å². The molecule has 0 bridgehead atoms. The van der Waals surface area contributed by atoms with Crippen LogP contribution in [0.15, 0.2) is 18.3 Å². The summed E-state index contributed by atoms with van der Waals surface area (Å²) >= 11 is 0. The molecule has 6 rings (SSSR count). The summed E-state index contributed by atoms with van der Waals surface area (Å²) in [6.45, 7) is 1.87. The summed E-state index contributed by atoms with van der Waals surface area (Å²) in [5.41, 5.74) is 2.00. The highest BCUT2D eigenvalue weighted by atomic mass is 19.1. The fourth-order valence-corrected chi connectivity index (χ4v) is 5.91. The Morgan fingerprint density at radius 2 is 2.12 bits per heavy atom. The lowest BCUT2D eigenvalue weighted by atomic mass is 10.1. The van der Waals surface area contributed by atoms with Crippen molar-refractivity contribution in [3.8, 4) is 5.88 Å². The van der Waals surface area contributed by atoms with Crippen molar-refractivity contribution in [2.75, 3.05) is 55.4 Å². The largest absolute Gasteiger partial charge is 0.465 e. The van der Waals surface area contributed by atoms with Crippen molar-refractivity contribution in [1.82, 2.24) is 20.2 Å². The number of nitrogens with zero attached hydrogens (tertiary/aromatic N) is 4. The van der Waals surface area contributed by atoms with Gasteiger partial charge in [0.05, 0.1) is 24.9 Å². The number of hydrogen-bond acceptors (Lipinski definition) is 10. The van der Waals surface area contributed by atoms with Crippen molar-refractivity contribution in [1.29, 1.82) is 0 Å². The second kappa shape index (κ2) is 11.2. The van der Waals surface area contributed by atoms with Crippen molar-refractivity contribution < 1.29 is 33.4 Å². The fourth-order valence-electron chi connectivity index (χ4n) is 5.91. The van der Waals surface area contributed by atoms with Crippen molar-refractivity contribution >= 4 is 35.2 Å². The zero-order valence-electron chi connectivity index (χ0n) is 22.6. The van der Waals surface area contributed by atoms with Crippen LogP contribution in [0.2, 0.25) is 0 Å². The molecule has 4 aliphatic rings. The highest BCUT2D eigenvalue weighted by Gasteiger charge is 2.35. The van der Waals surface area contributed by atoms with Crippen LogP contribution in [0.25, 0.3) is 0 Å². The third-order valence-corrected chi connectivity index (χ3v) is 7.94. The lowest BCUT2D eigenvalue weighted by Crippen LogP contribution is -2.37. The highest BCUT2D eigenvalue weighted by Crippen LogP contribution is 2.32. The molecule has 4 N–H and O–H groups in total. The van der Waals surface area contributed by atoms with Crippen LogP contribution < -0.4 is 25.6 Å². The van der Waals surface area contributed by atoms with E-state index in [-0.39, 0.29) is 53.8 Å². The minimum atomic E-state index is -0.537. The predicted molar refractivity (Wildman–Crippen MR) is 144 cm³/mol. The number of likely N-dealkylation sites (tertiary alicyclic amines) is 1. The first-order chi connectivity index (χ1) is 19.7. The zero-order chi connectivity index (χ0) is 28.7. The van der Waals surface area contributed by atoms with Crippen molar-refractivity contribution in [3.63, 3.8) is 0 Å². The first kappa shape index (κ1) is 27.3. The molecule has 0 radical (unpaired) electrons. The molecular formula is C27H32FN7O6. The first-order valence-corrected chi connectivity index (χ1v) is 13.7. The molecular weight excluding hydrogens is 537 g/mol. The van der Waals surface area contributed by atoms with Crippen molar-refractivity contribution in [2.45, 2.75) is 43.9 Å². The Kier molecular flexibility index (Phi) is 7.45. The smallest absolute Gasteiger partial charge is 0.415 e. The number of hydrogen-bond donors (Lipinski definition) is 4. The molecule has 4 heterocycles. The second-order valence-electron chi connectivity index (χ2n) is 11.0. The SMILES string of the molecule is CN1C[C@H](O)C[C@H]1C(=O)Nc1cc(F)c2c(c1)CC(CNCCC1CN(c3cnc4c(n3)NC(=O)CO4)C(=O)O1)C2. The van der Waals surface area contributed by atoms with Gasteiger partial charge >= 0.3 is 6.09 Å². The number of halogens is 1. The Morgan fingerprint density at radius 1 is 1.27 bits per heavy atom. The standard InChI is InChI=1S/C27H32FN7O6/c1-34-11-17(36)8-21(34)25(38)31-16-6-15-4-14(5-19(15)20(28)7-16)9-29-3-2-18-12-35(27(39)41-18)22-10-30-26-24(32-22)33-23(37)13-40-26/h6-7,10,14,17-18,21,29,36H,2-5,8-9,11-13H2,1H3,(H,31,38)(H,32,33,37)/t14?,17-,18?,21+/m1/s1. The molecule has 1 aromatic carbocycles. The lowest BCUT2D eigenvalue weighted by molar-refractivity contribution is -0.120. The summed E-state index contributed by atoms with van der Waals surface area (Å²) < 4.78 is 25.6. The molecule has 2 aromatic rings. The first-order valence-electron chi connectivity index (χ1n) is 13.7. The van der Waals surface area contributed by atoms with E-state index in [4.69, 9.17) is 9.47 Å². The third kappa shape index (κ3) is 5.80. The Balaban J connectivity index is 0.965. The number of cyclic esters (lactones) is 1. The Bertz CT molecular complexity index is 1380. The topological polar surface area (TPSA) is 158 Å². The number of likely N-dealkylation sites (N-methyl/N-ethyl adjacent to an activating group) is 1.